The molecule has 0 radical (unpaired) electrons. The lowest BCUT2D eigenvalue weighted by molar-refractivity contribution is -0.134. The van der Waals surface area contributed by atoms with Crippen molar-refractivity contribution in [1.29, 1.82) is 0 Å². The summed E-state index contributed by atoms with van der Waals surface area (Å²) >= 11 is 0. The Morgan fingerprint density at radius 2 is 1.67 bits per heavy atom. The van der Waals surface area contributed by atoms with Gasteiger partial charge in [0.2, 0.25) is 5.91 Å². The molecule has 0 aromatic heterocycles. The first-order chi connectivity index (χ1) is 14.3. The van der Waals surface area contributed by atoms with E-state index in [0.717, 1.165) is 11.3 Å². The van der Waals surface area contributed by atoms with Gasteiger partial charge in [0, 0.05) is 32.4 Å². The number of esters is 1. The molecule has 0 aliphatic carbocycles. The number of carbonyl (C=O) groups is 2. The van der Waals surface area contributed by atoms with Crippen molar-refractivity contribution in [3.8, 4) is 0 Å². The van der Waals surface area contributed by atoms with E-state index >= 15 is 0 Å². The molecule has 2 aromatic rings. The van der Waals surface area contributed by atoms with E-state index in [1.54, 1.807) is 12.1 Å². The average Bonchev–Trinajstić information content (AvgIpc) is 2.75. The highest BCUT2D eigenvalue weighted by Gasteiger charge is 2.35. The Morgan fingerprint density at radius 3 is 2.23 bits per heavy atom. The van der Waals surface area contributed by atoms with Crippen molar-refractivity contribution < 1.29 is 19.4 Å². The van der Waals surface area contributed by atoms with Gasteiger partial charge in [-0.25, -0.2) is 4.79 Å². The quantitative estimate of drug-likeness (QED) is 0.742. The Balaban J connectivity index is 1.53. The van der Waals surface area contributed by atoms with Crippen LogP contribution in [0.3, 0.4) is 0 Å². The molecule has 2 aromatic carbocycles. The minimum absolute atomic E-state index is 0.104. The molecule has 30 heavy (non-hydrogen) atoms. The van der Waals surface area contributed by atoms with Crippen LogP contribution in [0.1, 0.15) is 34.3 Å². The maximum absolute atomic E-state index is 12.6. The number of carbonyl (C=O) groups excluding carboxylic acids is 2. The highest BCUT2D eigenvalue weighted by atomic mass is 16.5. The molecule has 1 saturated heterocycles. The zero-order valence-electron chi connectivity index (χ0n) is 17.9. The van der Waals surface area contributed by atoms with Gasteiger partial charge >= 0.3 is 5.97 Å². The second kappa shape index (κ2) is 9.30. The van der Waals surface area contributed by atoms with Gasteiger partial charge in [-0.3, -0.25) is 4.79 Å². The third-order valence-electron chi connectivity index (χ3n) is 5.78. The van der Waals surface area contributed by atoms with Crippen LogP contribution >= 0.6 is 0 Å². The van der Waals surface area contributed by atoms with Crippen molar-refractivity contribution in [1.82, 2.24) is 4.90 Å². The van der Waals surface area contributed by atoms with Gasteiger partial charge in [0.05, 0.1) is 24.7 Å². The first-order valence-corrected chi connectivity index (χ1v) is 10.2. The lowest BCUT2D eigenvalue weighted by Gasteiger charge is -2.40. The number of amides is 1. The van der Waals surface area contributed by atoms with Crippen LogP contribution in [0.5, 0.6) is 0 Å². The Labute approximate surface area is 178 Å². The van der Waals surface area contributed by atoms with Crippen molar-refractivity contribution in [3.05, 3.63) is 65.2 Å². The Kier molecular flexibility index (Phi) is 6.77. The first-order valence-electron chi connectivity index (χ1n) is 10.2. The summed E-state index contributed by atoms with van der Waals surface area (Å²) in [6.45, 7) is 3.60. The lowest BCUT2D eigenvalue weighted by atomic mass is 9.90. The molecular weight excluding hydrogens is 380 g/mol. The van der Waals surface area contributed by atoms with Crippen LogP contribution in [0.4, 0.5) is 5.69 Å². The number of aryl methyl sites for hydroxylation is 1. The summed E-state index contributed by atoms with van der Waals surface area (Å²) in [7, 11) is 3.27. The molecule has 6 nitrogen and oxygen atoms in total. The molecule has 1 N–H and O–H groups in total. The SMILES string of the molecule is COC(=O)c1ccc(N(C)CC2(O)CCN(C(=O)Cc3ccc(C)cc3)CC2)cc1. The molecular formula is C24H30N2O4. The van der Waals surface area contributed by atoms with Crippen LogP contribution in [0, 0.1) is 6.92 Å². The van der Waals surface area contributed by atoms with Crippen LogP contribution in [-0.4, -0.2) is 61.3 Å². The van der Waals surface area contributed by atoms with Gasteiger partial charge in [0.15, 0.2) is 0 Å². The van der Waals surface area contributed by atoms with Gasteiger partial charge in [0.25, 0.3) is 0 Å². The molecule has 160 valence electrons. The van der Waals surface area contributed by atoms with Gasteiger partial charge in [-0.2, -0.15) is 0 Å². The number of ether oxygens (including phenoxy) is 1. The van der Waals surface area contributed by atoms with Gasteiger partial charge in [-0.05, 0) is 49.6 Å². The summed E-state index contributed by atoms with van der Waals surface area (Å²) in [5, 5.41) is 11.0. The molecule has 1 heterocycles. The van der Waals surface area contributed by atoms with Gasteiger partial charge in [-0.1, -0.05) is 29.8 Å². The molecule has 3 rings (SSSR count). The number of rotatable bonds is 6. The fourth-order valence-corrected chi connectivity index (χ4v) is 3.83. The Morgan fingerprint density at radius 1 is 1.07 bits per heavy atom. The van der Waals surface area contributed by atoms with Gasteiger partial charge in [0.1, 0.15) is 0 Å². The summed E-state index contributed by atoms with van der Waals surface area (Å²) in [5.41, 5.74) is 2.75. The molecule has 0 unspecified atom stereocenters. The van der Waals surface area contributed by atoms with Crippen molar-refractivity contribution in [2.75, 3.05) is 38.7 Å². The minimum Gasteiger partial charge on any atom is -0.465 e. The molecule has 1 amide bonds. The van der Waals surface area contributed by atoms with Gasteiger partial charge in [-0.15, -0.1) is 0 Å². The Hall–Kier alpha value is -2.86. The number of anilines is 1. The van der Waals surface area contributed by atoms with E-state index in [2.05, 4.69) is 0 Å². The van der Waals surface area contributed by atoms with E-state index in [4.69, 9.17) is 4.74 Å². The smallest absolute Gasteiger partial charge is 0.337 e. The minimum atomic E-state index is -0.851. The predicted molar refractivity (Wildman–Crippen MR) is 117 cm³/mol. The van der Waals surface area contributed by atoms with E-state index in [1.807, 2.05) is 60.2 Å². The number of nitrogens with zero attached hydrogens (tertiary/aromatic N) is 2. The molecule has 6 heteroatoms. The zero-order valence-corrected chi connectivity index (χ0v) is 17.9. The Bertz CT molecular complexity index is 869. The lowest BCUT2D eigenvalue weighted by Crippen LogP contribution is -2.52. The summed E-state index contributed by atoms with van der Waals surface area (Å²) < 4.78 is 4.72. The van der Waals surface area contributed by atoms with E-state index in [-0.39, 0.29) is 11.9 Å². The molecule has 1 fully saturated rings. The maximum atomic E-state index is 12.6. The monoisotopic (exact) mass is 410 g/mol. The molecule has 0 saturated carbocycles. The summed E-state index contributed by atoms with van der Waals surface area (Å²) in [6, 6.07) is 15.1. The third kappa shape index (κ3) is 5.39. The van der Waals surface area contributed by atoms with Crippen LogP contribution in [0.15, 0.2) is 48.5 Å². The molecule has 0 bridgehead atoms. The van der Waals surface area contributed by atoms with Gasteiger partial charge < -0.3 is 19.6 Å². The summed E-state index contributed by atoms with van der Waals surface area (Å²) in [4.78, 5) is 28.0. The first kappa shape index (κ1) is 21.8. The number of aliphatic hydroxyl groups is 1. The fraction of sp³-hybridized carbons (Fsp3) is 0.417. The van der Waals surface area contributed by atoms with Crippen molar-refractivity contribution in [2.24, 2.45) is 0 Å². The van der Waals surface area contributed by atoms with Crippen molar-refractivity contribution in [2.45, 2.75) is 31.8 Å². The number of piperidine rings is 1. The van der Waals surface area contributed by atoms with E-state index in [0.29, 0.717) is 44.5 Å². The second-order valence-corrected chi connectivity index (χ2v) is 8.16. The molecule has 1 aliphatic rings. The zero-order chi connectivity index (χ0) is 21.7. The predicted octanol–water partition coefficient (Wildman–Crippen LogP) is 2.81. The standard InChI is InChI=1S/C24H30N2O4/c1-18-4-6-19(7-5-18)16-22(27)26-14-12-24(29,13-15-26)17-25(2)21-10-8-20(9-11-21)23(28)30-3/h4-11,29H,12-17H2,1-3H3. The third-order valence-corrected chi connectivity index (χ3v) is 5.78. The van der Waals surface area contributed by atoms with E-state index in [1.165, 1.54) is 12.7 Å². The molecule has 0 spiro atoms. The van der Waals surface area contributed by atoms with E-state index < -0.39 is 5.60 Å². The fourth-order valence-electron chi connectivity index (χ4n) is 3.83. The highest BCUT2D eigenvalue weighted by molar-refractivity contribution is 5.89. The number of likely N-dealkylation sites (tertiary alicyclic amines) is 1. The summed E-state index contributed by atoms with van der Waals surface area (Å²) in [6.07, 6.45) is 1.47. The second-order valence-electron chi connectivity index (χ2n) is 8.16. The van der Waals surface area contributed by atoms with Crippen LogP contribution in [0.25, 0.3) is 0 Å². The van der Waals surface area contributed by atoms with E-state index in [9.17, 15) is 14.7 Å². The molecule has 1 aliphatic heterocycles. The van der Waals surface area contributed by atoms with Crippen molar-refractivity contribution in [3.63, 3.8) is 0 Å². The number of methoxy groups -OCH3 is 1. The van der Waals surface area contributed by atoms with Crippen LogP contribution < -0.4 is 4.90 Å². The maximum Gasteiger partial charge on any atom is 0.337 e. The highest BCUT2D eigenvalue weighted by Crippen LogP contribution is 2.26. The largest absolute Gasteiger partial charge is 0.465 e. The number of hydrogen-bond acceptors (Lipinski definition) is 5. The van der Waals surface area contributed by atoms with Crippen LogP contribution in [0.2, 0.25) is 0 Å². The molecule has 0 atom stereocenters. The normalized spacial score (nSPS) is 15.5. The topological polar surface area (TPSA) is 70.1 Å². The number of hydrogen-bond donors (Lipinski definition) is 1. The van der Waals surface area contributed by atoms with Crippen molar-refractivity contribution >= 4 is 17.6 Å². The average molecular weight is 411 g/mol. The number of benzene rings is 2. The number of likely N-dealkylation sites (N-methyl/N-ethyl adjacent to an activating group) is 1. The van der Waals surface area contributed by atoms with Crippen LogP contribution in [-0.2, 0) is 16.0 Å². The summed E-state index contributed by atoms with van der Waals surface area (Å²) in [5.74, 6) is -0.266.